The summed E-state index contributed by atoms with van der Waals surface area (Å²) in [6.45, 7) is 9.57. The van der Waals surface area contributed by atoms with Gasteiger partial charge in [-0.15, -0.1) is 0 Å². The Bertz CT molecular complexity index is 1120. The van der Waals surface area contributed by atoms with E-state index in [-0.39, 0.29) is 29.6 Å². The highest BCUT2D eigenvalue weighted by Crippen LogP contribution is 2.38. The third-order valence-corrected chi connectivity index (χ3v) is 5.81. The second-order valence-corrected chi connectivity index (χ2v) is 10.0. The van der Waals surface area contributed by atoms with E-state index in [1.165, 1.54) is 35.0 Å². The van der Waals surface area contributed by atoms with Crippen LogP contribution in [0.4, 0.5) is 31.1 Å². The van der Waals surface area contributed by atoms with E-state index in [9.17, 15) is 35.9 Å². The fourth-order valence-corrected chi connectivity index (χ4v) is 4.14. The van der Waals surface area contributed by atoms with Crippen LogP contribution in [0.15, 0.2) is 42.5 Å². The van der Waals surface area contributed by atoms with Crippen LogP contribution in [0.3, 0.4) is 0 Å². The molecule has 1 fully saturated rings. The van der Waals surface area contributed by atoms with Gasteiger partial charge in [-0.05, 0) is 74.6 Å². The summed E-state index contributed by atoms with van der Waals surface area (Å²) in [4.78, 5) is 28.4. The summed E-state index contributed by atoms with van der Waals surface area (Å²) in [6.07, 6.45) is -9.43. The first-order valence-corrected chi connectivity index (χ1v) is 12.6. The predicted molar refractivity (Wildman–Crippen MR) is 136 cm³/mol. The minimum absolute atomic E-state index is 0.0381. The Morgan fingerprint density at radius 2 is 1.49 bits per heavy atom. The van der Waals surface area contributed by atoms with Crippen molar-refractivity contribution in [2.24, 2.45) is 0 Å². The van der Waals surface area contributed by atoms with Gasteiger partial charge in [0.1, 0.15) is 11.6 Å². The molecular weight excluding hydrogens is 526 g/mol. The van der Waals surface area contributed by atoms with Crippen LogP contribution in [-0.4, -0.2) is 47.0 Å². The highest BCUT2D eigenvalue weighted by atomic mass is 19.4. The fraction of sp³-hybridized carbons (Fsp3) is 0.500. The van der Waals surface area contributed by atoms with E-state index in [0.717, 1.165) is 0 Å². The van der Waals surface area contributed by atoms with Crippen LogP contribution in [-0.2, 0) is 28.4 Å². The fourth-order valence-electron chi connectivity index (χ4n) is 4.14. The van der Waals surface area contributed by atoms with E-state index >= 15 is 0 Å². The van der Waals surface area contributed by atoms with Gasteiger partial charge in [-0.25, -0.2) is 4.79 Å². The zero-order valence-corrected chi connectivity index (χ0v) is 22.8. The van der Waals surface area contributed by atoms with Gasteiger partial charge in [0.05, 0.1) is 11.1 Å². The normalized spacial score (nSPS) is 15.9. The minimum atomic E-state index is -4.96. The van der Waals surface area contributed by atoms with Gasteiger partial charge < -0.3 is 9.64 Å². The van der Waals surface area contributed by atoms with Crippen LogP contribution in [0.2, 0.25) is 0 Å². The first-order valence-electron chi connectivity index (χ1n) is 12.6. The van der Waals surface area contributed by atoms with E-state index in [2.05, 4.69) is 0 Å². The number of hydrogen-bond acceptors (Lipinski definition) is 3. The van der Waals surface area contributed by atoms with Crippen LogP contribution >= 0.6 is 0 Å². The van der Waals surface area contributed by atoms with Crippen LogP contribution in [0.1, 0.15) is 64.2 Å². The molecule has 2 aromatic carbocycles. The summed E-state index contributed by atoms with van der Waals surface area (Å²) in [7, 11) is 1.52. The number of rotatable bonds is 4. The van der Waals surface area contributed by atoms with Crippen molar-refractivity contribution in [1.29, 1.82) is 0 Å². The van der Waals surface area contributed by atoms with Gasteiger partial charge in [0.25, 0.3) is 0 Å². The maximum absolute atomic E-state index is 13.3. The molecule has 1 aliphatic rings. The number of ether oxygens (including phenoxy) is 1. The Morgan fingerprint density at radius 3 is 2.00 bits per heavy atom. The topological polar surface area (TPSA) is 49.9 Å². The zero-order valence-electron chi connectivity index (χ0n) is 22.8. The van der Waals surface area contributed by atoms with Crippen LogP contribution in [0.5, 0.6) is 0 Å². The van der Waals surface area contributed by atoms with Crippen molar-refractivity contribution in [1.82, 2.24) is 9.80 Å². The van der Waals surface area contributed by atoms with Crippen LogP contribution in [0.25, 0.3) is 11.1 Å². The van der Waals surface area contributed by atoms with Crippen molar-refractivity contribution in [3.63, 3.8) is 0 Å². The Balaban J connectivity index is 0.00000260. The Kier molecular flexibility index (Phi) is 10.1. The van der Waals surface area contributed by atoms with E-state index in [0.29, 0.717) is 37.1 Å². The first-order chi connectivity index (χ1) is 18.0. The van der Waals surface area contributed by atoms with Gasteiger partial charge in [-0.3, -0.25) is 9.69 Å². The zero-order chi connectivity index (χ0) is 29.8. The number of halogens is 6. The molecule has 0 radical (unpaired) electrons. The molecule has 39 heavy (non-hydrogen) atoms. The molecule has 3 rings (SSSR count). The molecule has 0 N–H and O–H groups in total. The average Bonchev–Trinajstić information content (AvgIpc) is 3.33. The highest BCUT2D eigenvalue weighted by Gasteiger charge is 2.39. The van der Waals surface area contributed by atoms with E-state index in [4.69, 9.17) is 4.74 Å². The predicted octanol–water partition coefficient (Wildman–Crippen LogP) is 7.78. The molecule has 216 valence electrons. The second-order valence-electron chi connectivity index (χ2n) is 10.0. The number of amides is 2. The molecule has 0 spiro atoms. The quantitative estimate of drug-likeness (QED) is 0.359. The summed E-state index contributed by atoms with van der Waals surface area (Å²) in [6, 6.07) is 6.66. The summed E-state index contributed by atoms with van der Waals surface area (Å²) in [5, 5.41) is 0. The molecule has 0 bridgehead atoms. The molecule has 0 aliphatic carbocycles. The van der Waals surface area contributed by atoms with Crippen molar-refractivity contribution < 1.29 is 40.7 Å². The monoisotopic (exact) mass is 560 g/mol. The van der Waals surface area contributed by atoms with Crippen molar-refractivity contribution in [2.75, 3.05) is 13.6 Å². The molecule has 2 aromatic rings. The first kappa shape index (κ1) is 32.0. The molecule has 1 aliphatic heterocycles. The summed E-state index contributed by atoms with van der Waals surface area (Å²) < 4.78 is 85.0. The van der Waals surface area contributed by atoms with Crippen molar-refractivity contribution in [2.45, 2.75) is 78.0 Å². The lowest BCUT2D eigenvalue weighted by Crippen LogP contribution is -2.47. The van der Waals surface area contributed by atoms with Gasteiger partial charge in [-0.2, -0.15) is 26.3 Å². The molecule has 11 heteroatoms. The van der Waals surface area contributed by atoms with Crippen molar-refractivity contribution >= 4 is 12.0 Å². The summed E-state index contributed by atoms with van der Waals surface area (Å²) >= 11 is 0. The largest absolute Gasteiger partial charge is 0.444 e. The number of carbonyl (C=O) groups excluding carboxylic acids is 2. The number of alkyl halides is 6. The van der Waals surface area contributed by atoms with Crippen LogP contribution < -0.4 is 0 Å². The summed E-state index contributed by atoms with van der Waals surface area (Å²) in [5.74, 6) is -0.341. The average molecular weight is 561 g/mol. The molecule has 1 atom stereocenters. The smallest absolute Gasteiger partial charge is 0.416 e. The van der Waals surface area contributed by atoms with Gasteiger partial charge in [-0.1, -0.05) is 32.0 Å². The Morgan fingerprint density at radius 1 is 0.923 bits per heavy atom. The number of carbonyl (C=O) groups is 2. The molecule has 5 nitrogen and oxygen atoms in total. The molecule has 2 amide bonds. The molecule has 1 saturated heterocycles. The maximum atomic E-state index is 13.3. The lowest BCUT2D eigenvalue weighted by molar-refractivity contribution is -0.143. The molecule has 1 heterocycles. The third-order valence-electron chi connectivity index (χ3n) is 5.81. The Labute approximate surface area is 224 Å². The van der Waals surface area contributed by atoms with E-state index < -0.39 is 41.2 Å². The Hall–Kier alpha value is -3.24. The van der Waals surface area contributed by atoms with E-state index in [1.54, 1.807) is 26.8 Å². The number of nitrogens with zero attached hydrogens (tertiary/aromatic N) is 2. The highest BCUT2D eigenvalue weighted by molar-refractivity contribution is 5.86. The van der Waals surface area contributed by atoms with Gasteiger partial charge in [0.2, 0.25) is 5.91 Å². The van der Waals surface area contributed by atoms with Crippen molar-refractivity contribution in [3.8, 4) is 11.1 Å². The number of benzene rings is 2. The number of likely N-dealkylation sites (tertiary alicyclic amines) is 1. The molecule has 0 aromatic heterocycles. The standard InChI is InChI=1S/C26H28F6N2O3.C2H6/c1-24(2,3)37-23(36)34-10-6-9-21(34)22(35)33(4)15-16-7-5-8-17(11-16)18-12-19(25(27,28)29)14-20(13-18)26(30,31)32;1-2/h5,7-8,11-14,21H,6,9-10,15H2,1-4H3;1-2H3. The van der Waals surface area contributed by atoms with E-state index in [1.807, 2.05) is 13.8 Å². The molecular formula is C28H34F6N2O3. The summed E-state index contributed by atoms with van der Waals surface area (Å²) in [5.41, 5.74) is -3.14. The van der Waals surface area contributed by atoms with Crippen molar-refractivity contribution in [3.05, 3.63) is 59.2 Å². The second kappa shape index (κ2) is 12.3. The molecule has 0 saturated carbocycles. The third kappa shape index (κ3) is 8.63. The SMILES string of the molecule is CC.CN(Cc1cccc(-c2cc(C(F)(F)F)cc(C(F)(F)F)c2)c1)C(=O)C1CCCN1C(=O)OC(C)(C)C. The lowest BCUT2D eigenvalue weighted by atomic mass is 9.97. The lowest BCUT2D eigenvalue weighted by Gasteiger charge is -2.30. The van der Waals surface area contributed by atoms with Gasteiger partial charge in [0, 0.05) is 20.1 Å². The van der Waals surface area contributed by atoms with Gasteiger partial charge in [0.15, 0.2) is 0 Å². The minimum Gasteiger partial charge on any atom is -0.444 e. The van der Waals surface area contributed by atoms with Gasteiger partial charge >= 0.3 is 18.4 Å². The molecule has 1 unspecified atom stereocenters. The van der Waals surface area contributed by atoms with Crippen LogP contribution in [0, 0.1) is 0 Å². The number of likely N-dealkylation sites (N-methyl/N-ethyl adjacent to an activating group) is 1. The maximum Gasteiger partial charge on any atom is 0.416 e. The number of hydrogen-bond donors (Lipinski definition) is 0.